The molecule has 0 saturated carbocycles. The quantitative estimate of drug-likeness (QED) is 0.909. The van der Waals surface area contributed by atoms with Gasteiger partial charge in [0.15, 0.2) is 0 Å². The Labute approximate surface area is 120 Å². The van der Waals surface area contributed by atoms with E-state index in [2.05, 4.69) is 0 Å². The number of carboxylic acids is 1. The number of carbonyl (C=O) groups is 2. The average molecular weight is 303 g/mol. The van der Waals surface area contributed by atoms with Crippen molar-refractivity contribution in [2.24, 2.45) is 0 Å². The molecule has 116 valence electrons. The molecule has 1 aromatic rings. The van der Waals surface area contributed by atoms with Gasteiger partial charge in [-0.2, -0.15) is 13.2 Å². The molecule has 0 bridgehead atoms. The van der Waals surface area contributed by atoms with Gasteiger partial charge >= 0.3 is 12.1 Å². The number of rotatable bonds is 5. The summed E-state index contributed by atoms with van der Waals surface area (Å²) in [6.45, 7) is 2.99. The molecule has 21 heavy (non-hydrogen) atoms. The second-order valence-electron chi connectivity index (χ2n) is 4.66. The summed E-state index contributed by atoms with van der Waals surface area (Å²) in [6, 6.07) is 3.41. The zero-order chi connectivity index (χ0) is 16.2. The van der Waals surface area contributed by atoms with Crippen LogP contribution in [0.2, 0.25) is 0 Å². The third-order valence-electron chi connectivity index (χ3n) is 3.15. The van der Waals surface area contributed by atoms with Crippen molar-refractivity contribution < 1.29 is 27.9 Å². The molecule has 4 nitrogen and oxygen atoms in total. The number of hydrogen-bond donors (Lipinski definition) is 1. The summed E-state index contributed by atoms with van der Waals surface area (Å²) in [4.78, 5) is 24.2. The van der Waals surface area contributed by atoms with Gasteiger partial charge in [0.05, 0.1) is 5.56 Å². The maximum atomic E-state index is 12.5. The number of nitrogens with zero attached hydrogens (tertiary/aromatic N) is 1. The molecule has 0 aromatic heterocycles. The minimum absolute atomic E-state index is 0.0320. The molecule has 0 aliphatic rings. The van der Waals surface area contributed by atoms with Gasteiger partial charge in [0.25, 0.3) is 5.91 Å². The maximum Gasteiger partial charge on any atom is 0.416 e. The summed E-state index contributed by atoms with van der Waals surface area (Å²) in [5, 5.41) is 8.83. The zero-order valence-corrected chi connectivity index (χ0v) is 11.6. The number of alkyl halides is 3. The van der Waals surface area contributed by atoms with E-state index in [0.29, 0.717) is 6.42 Å². The first-order valence-corrected chi connectivity index (χ1v) is 6.36. The minimum atomic E-state index is -4.47. The van der Waals surface area contributed by atoms with Gasteiger partial charge in [-0.25, -0.2) is 0 Å². The number of hydrogen-bond acceptors (Lipinski definition) is 2. The fraction of sp³-hybridized carbons (Fsp3) is 0.429. The van der Waals surface area contributed by atoms with Gasteiger partial charge in [-0.1, -0.05) is 6.92 Å². The van der Waals surface area contributed by atoms with Crippen molar-refractivity contribution >= 4 is 11.9 Å². The van der Waals surface area contributed by atoms with Gasteiger partial charge in [-0.3, -0.25) is 9.59 Å². The van der Waals surface area contributed by atoms with Crippen LogP contribution in [0.1, 0.15) is 36.2 Å². The first-order chi connectivity index (χ1) is 9.66. The summed E-state index contributed by atoms with van der Waals surface area (Å²) in [6.07, 6.45) is -3.93. The molecule has 7 heteroatoms. The highest BCUT2D eigenvalue weighted by Crippen LogP contribution is 2.29. The molecule has 1 atom stereocenters. The fourth-order valence-corrected chi connectivity index (χ4v) is 1.76. The van der Waals surface area contributed by atoms with E-state index < -0.39 is 30.2 Å². The average Bonchev–Trinajstić information content (AvgIpc) is 2.42. The van der Waals surface area contributed by atoms with Gasteiger partial charge < -0.3 is 10.0 Å². The summed E-state index contributed by atoms with van der Waals surface area (Å²) in [5.74, 6) is -1.77. The fourth-order valence-electron chi connectivity index (χ4n) is 1.76. The number of carbonyl (C=O) groups excluding carboxylic acids is 1. The van der Waals surface area contributed by atoms with E-state index in [1.807, 2.05) is 0 Å². The second-order valence-corrected chi connectivity index (χ2v) is 4.66. The van der Waals surface area contributed by atoms with Gasteiger partial charge in [0.1, 0.15) is 6.54 Å². The Morgan fingerprint density at radius 2 is 1.76 bits per heavy atom. The van der Waals surface area contributed by atoms with E-state index in [1.54, 1.807) is 13.8 Å². The molecular weight excluding hydrogens is 287 g/mol. The Balaban J connectivity index is 3.01. The third kappa shape index (κ3) is 4.47. The number of halogens is 3. The van der Waals surface area contributed by atoms with Crippen molar-refractivity contribution in [3.63, 3.8) is 0 Å². The van der Waals surface area contributed by atoms with Crippen LogP contribution in [0.25, 0.3) is 0 Å². The number of carboxylic acid groups (broad SMARTS) is 1. The first kappa shape index (κ1) is 17.0. The molecular formula is C14H16F3NO3. The van der Waals surface area contributed by atoms with E-state index >= 15 is 0 Å². The van der Waals surface area contributed by atoms with E-state index in [-0.39, 0.29) is 11.6 Å². The van der Waals surface area contributed by atoms with Crippen molar-refractivity contribution in [2.45, 2.75) is 32.5 Å². The highest BCUT2D eigenvalue weighted by Gasteiger charge is 2.31. The molecule has 1 N–H and O–H groups in total. The van der Waals surface area contributed by atoms with Crippen molar-refractivity contribution in [1.82, 2.24) is 4.90 Å². The number of amides is 1. The molecule has 0 fully saturated rings. The van der Waals surface area contributed by atoms with Gasteiger partial charge in [-0.05, 0) is 37.6 Å². The number of benzene rings is 1. The summed E-state index contributed by atoms with van der Waals surface area (Å²) >= 11 is 0. The lowest BCUT2D eigenvalue weighted by Crippen LogP contribution is -2.41. The van der Waals surface area contributed by atoms with Crippen molar-refractivity contribution in [3.05, 3.63) is 35.4 Å². The highest BCUT2D eigenvalue weighted by molar-refractivity contribution is 5.96. The second kappa shape index (κ2) is 6.60. The minimum Gasteiger partial charge on any atom is -0.480 e. The van der Waals surface area contributed by atoms with E-state index in [9.17, 15) is 22.8 Å². The lowest BCUT2D eigenvalue weighted by atomic mass is 10.1. The first-order valence-electron chi connectivity index (χ1n) is 6.36. The Kier molecular flexibility index (Phi) is 5.34. The van der Waals surface area contributed by atoms with Crippen LogP contribution in [0.15, 0.2) is 24.3 Å². The Hall–Kier alpha value is -2.05. The number of aliphatic carboxylic acids is 1. The summed E-state index contributed by atoms with van der Waals surface area (Å²) in [5.41, 5.74) is -0.822. The van der Waals surface area contributed by atoms with Crippen LogP contribution in [-0.4, -0.2) is 34.5 Å². The summed E-state index contributed by atoms with van der Waals surface area (Å²) in [7, 11) is 0. The van der Waals surface area contributed by atoms with Crippen LogP contribution in [0, 0.1) is 0 Å². The van der Waals surface area contributed by atoms with Crippen LogP contribution < -0.4 is 0 Å². The maximum absolute atomic E-state index is 12.5. The van der Waals surface area contributed by atoms with Gasteiger partial charge in [0, 0.05) is 11.6 Å². The lowest BCUT2D eigenvalue weighted by Gasteiger charge is -2.27. The molecule has 0 aliphatic heterocycles. The Morgan fingerprint density at radius 3 is 2.14 bits per heavy atom. The smallest absolute Gasteiger partial charge is 0.416 e. The van der Waals surface area contributed by atoms with Gasteiger partial charge in [0.2, 0.25) is 0 Å². The predicted octanol–water partition coefficient (Wildman–Crippen LogP) is 3.03. The molecule has 1 rings (SSSR count). The SMILES string of the molecule is CCC(C)N(CC(=O)O)C(=O)c1ccc(C(F)(F)F)cc1. The molecule has 0 saturated heterocycles. The standard InChI is InChI=1S/C14H16F3NO3/c1-3-9(2)18(8-12(19)20)13(21)10-4-6-11(7-5-10)14(15,16)17/h4-7,9H,3,8H2,1-2H3,(H,19,20). The molecule has 1 aromatic carbocycles. The van der Waals surface area contributed by atoms with E-state index in [0.717, 1.165) is 29.2 Å². The molecule has 0 aliphatic carbocycles. The van der Waals surface area contributed by atoms with Crippen LogP contribution in [-0.2, 0) is 11.0 Å². The monoisotopic (exact) mass is 303 g/mol. The predicted molar refractivity (Wildman–Crippen MR) is 69.9 cm³/mol. The highest BCUT2D eigenvalue weighted by atomic mass is 19.4. The normalized spacial score (nSPS) is 12.8. The Morgan fingerprint density at radius 1 is 1.24 bits per heavy atom. The van der Waals surface area contributed by atoms with Crippen LogP contribution in [0.4, 0.5) is 13.2 Å². The molecule has 1 unspecified atom stereocenters. The van der Waals surface area contributed by atoms with Crippen molar-refractivity contribution in [2.75, 3.05) is 6.54 Å². The van der Waals surface area contributed by atoms with E-state index in [1.165, 1.54) is 0 Å². The molecule has 0 spiro atoms. The van der Waals surface area contributed by atoms with Crippen molar-refractivity contribution in [3.8, 4) is 0 Å². The molecule has 0 heterocycles. The zero-order valence-electron chi connectivity index (χ0n) is 11.6. The van der Waals surface area contributed by atoms with Gasteiger partial charge in [-0.15, -0.1) is 0 Å². The third-order valence-corrected chi connectivity index (χ3v) is 3.15. The van der Waals surface area contributed by atoms with Crippen LogP contribution in [0.3, 0.4) is 0 Å². The molecule has 1 amide bonds. The van der Waals surface area contributed by atoms with E-state index in [4.69, 9.17) is 5.11 Å². The molecule has 0 radical (unpaired) electrons. The topological polar surface area (TPSA) is 57.6 Å². The lowest BCUT2D eigenvalue weighted by molar-refractivity contribution is -0.138. The largest absolute Gasteiger partial charge is 0.480 e. The summed E-state index contributed by atoms with van der Waals surface area (Å²) < 4.78 is 37.4. The van der Waals surface area contributed by atoms with Crippen LogP contribution >= 0.6 is 0 Å². The van der Waals surface area contributed by atoms with Crippen LogP contribution in [0.5, 0.6) is 0 Å². The van der Waals surface area contributed by atoms with Crippen molar-refractivity contribution in [1.29, 1.82) is 0 Å². The Bertz CT molecular complexity index is 511.